The summed E-state index contributed by atoms with van der Waals surface area (Å²) in [6.07, 6.45) is 1.70. The van der Waals surface area contributed by atoms with Crippen molar-refractivity contribution in [2.24, 2.45) is 7.05 Å². The van der Waals surface area contributed by atoms with Gasteiger partial charge in [0, 0.05) is 18.8 Å². The summed E-state index contributed by atoms with van der Waals surface area (Å²) in [7, 11) is 3.27. The first-order valence-electron chi connectivity index (χ1n) is 5.99. The molecule has 0 spiro atoms. The van der Waals surface area contributed by atoms with E-state index in [0.29, 0.717) is 11.4 Å². The van der Waals surface area contributed by atoms with Crippen molar-refractivity contribution in [3.8, 4) is 28.6 Å². The van der Waals surface area contributed by atoms with Crippen molar-refractivity contribution >= 4 is 11.2 Å². The van der Waals surface area contributed by atoms with Gasteiger partial charge < -0.3 is 19.5 Å². The average Bonchev–Trinajstić information content (AvgIpc) is 2.79. The average molecular weight is 271 g/mol. The minimum atomic E-state index is -0.284. The Bertz CT molecular complexity index is 796. The molecule has 3 aromatic rings. The van der Waals surface area contributed by atoms with Gasteiger partial charge in [-0.05, 0) is 24.3 Å². The van der Waals surface area contributed by atoms with Gasteiger partial charge in [-0.1, -0.05) is 0 Å². The summed E-state index contributed by atoms with van der Waals surface area (Å²) in [6, 6.07) is 6.74. The van der Waals surface area contributed by atoms with Crippen LogP contribution in [0, 0.1) is 0 Å². The summed E-state index contributed by atoms with van der Waals surface area (Å²) in [5, 5.41) is 19.4. The number of rotatable bonds is 2. The molecule has 0 bridgehead atoms. The fourth-order valence-electron chi connectivity index (χ4n) is 2.16. The molecular formula is C14H13N3O3. The van der Waals surface area contributed by atoms with Gasteiger partial charge in [0.1, 0.15) is 11.3 Å². The Morgan fingerprint density at radius 2 is 2.05 bits per heavy atom. The van der Waals surface area contributed by atoms with Gasteiger partial charge >= 0.3 is 0 Å². The highest BCUT2D eigenvalue weighted by Crippen LogP contribution is 2.39. The monoisotopic (exact) mass is 271 g/mol. The fraction of sp³-hybridized carbons (Fsp3) is 0.143. The first-order chi connectivity index (χ1) is 9.61. The third-order valence-electron chi connectivity index (χ3n) is 3.16. The van der Waals surface area contributed by atoms with Crippen LogP contribution in [0.25, 0.3) is 22.6 Å². The van der Waals surface area contributed by atoms with Crippen LogP contribution in [-0.2, 0) is 7.05 Å². The van der Waals surface area contributed by atoms with E-state index in [1.807, 2.05) is 23.7 Å². The van der Waals surface area contributed by atoms with Crippen LogP contribution in [0.2, 0.25) is 0 Å². The molecule has 0 fully saturated rings. The molecular weight excluding hydrogens is 258 g/mol. The van der Waals surface area contributed by atoms with Gasteiger partial charge in [0.15, 0.2) is 17.1 Å². The van der Waals surface area contributed by atoms with Crippen molar-refractivity contribution in [2.45, 2.75) is 0 Å². The quantitative estimate of drug-likeness (QED) is 0.697. The van der Waals surface area contributed by atoms with Gasteiger partial charge in [0.2, 0.25) is 5.75 Å². The molecule has 0 saturated heterocycles. The second-order valence-corrected chi connectivity index (χ2v) is 4.39. The number of ether oxygens (including phenoxy) is 1. The Balaban J connectivity index is 2.25. The van der Waals surface area contributed by atoms with Crippen LogP contribution >= 0.6 is 0 Å². The van der Waals surface area contributed by atoms with E-state index in [1.165, 1.54) is 13.2 Å². The Morgan fingerprint density at radius 1 is 1.25 bits per heavy atom. The first-order valence-corrected chi connectivity index (χ1v) is 5.99. The van der Waals surface area contributed by atoms with Crippen molar-refractivity contribution in [3.63, 3.8) is 0 Å². The number of pyridine rings is 1. The number of fused-ring (bicyclic) bond motifs is 1. The number of phenols is 2. The maximum atomic E-state index is 9.76. The summed E-state index contributed by atoms with van der Waals surface area (Å²) >= 11 is 0. The van der Waals surface area contributed by atoms with Crippen LogP contribution in [0.5, 0.6) is 17.2 Å². The lowest BCUT2D eigenvalue weighted by Gasteiger charge is -2.08. The van der Waals surface area contributed by atoms with E-state index in [1.54, 1.807) is 12.3 Å². The molecule has 2 N–H and O–H groups in total. The van der Waals surface area contributed by atoms with E-state index < -0.39 is 0 Å². The standard InChI is InChI=1S/C14H13N3O3/c1-17-13(16-9-4-3-5-15-14(9)17)8-6-10(18)12(19)11(7-8)20-2/h3-7,18-19H,1-2H3. The second-order valence-electron chi connectivity index (χ2n) is 4.39. The predicted molar refractivity (Wildman–Crippen MR) is 73.8 cm³/mol. The summed E-state index contributed by atoms with van der Waals surface area (Å²) in [6.45, 7) is 0. The van der Waals surface area contributed by atoms with Crippen LogP contribution in [0.15, 0.2) is 30.5 Å². The number of aromatic nitrogens is 3. The van der Waals surface area contributed by atoms with Crippen molar-refractivity contribution in [1.29, 1.82) is 0 Å². The predicted octanol–water partition coefficient (Wildman–Crippen LogP) is 2.06. The van der Waals surface area contributed by atoms with E-state index in [0.717, 1.165) is 11.2 Å². The summed E-state index contributed by atoms with van der Waals surface area (Å²) in [5.41, 5.74) is 2.14. The number of benzene rings is 1. The molecule has 2 aromatic heterocycles. The first kappa shape index (κ1) is 12.3. The van der Waals surface area contributed by atoms with Crippen molar-refractivity contribution in [2.75, 3.05) is 7.11 Å². The lowest BCUT2D eigenvalue weighted by molar-refractivity contribution is 0.351. The fourth-order valence-corrected chi connectivity index (χ4v) is 2.16. The molecule has 0 aliphatic carbocycles. The molecule has 0 radical (unpaired) electrons. The molecule has 1 aromatic carbocycles. The number of aryl methyl sites for hydroxylation is 1. The lowest BCUT2D eigenvalue weighted by atomic mass is 10.1. The highest BCUT2D eigenvalue weighted by molar-refractivity contribution is 5.78. The van der Waals surface area contributed by atoms with Crippen molar-refractivity contribution < 1.29 is 14.9 Å². The second kappa shape index (κ2) is 4.41. The molecule has 2 heterocycles. The lowest BCUT2D eigenvalue weighted by Crippen LogP contribution is -1.94. The number of hydrogen-bond donors (Lipinski definition) is 2. The van der Waals surface area contributed by atoms with Crippen LogP contribution in [0.1, 0.15) is 0 Å². The molecule has 0 aliphatic rings. The largest absolute Gasteiger partial charge is 0.504 e. The minimum Gasteiger partial charge on any atom is -0.504 e. The zero-order valence-electron chi connectivity index (χ0n) is 11.0. The Morgan fingerprint density at radius 3 is 2.75 bits per heavy atom. The van der Waals surface area contributed by atoms with Gasteiger partial charge in [-0.25, -0.2) is 9.97 Å². The minimum absolute atomic E-state index is 0.194. The van der Waals surface area contributed by atoms with E-state index in [9.17, 15) is 10.2 Å². The maximum absolute atomic E-state index is 9.76. The normalized spacial score (nSPS) is 10.9. The van der Waals surface area contributed by atoms with Crippen LogP contribution < -0.4 is 4.74 Å². The Hall–Kier alpha value is -2.76. The highest BCUT2D eigenvalue weighted by atomic mass is 16.5. The number of phenolic OH excluding ortho intramolecular Hbond substituents is 2. The third-order valence-corrected chi connectivity index (χ3v) is 3.16. The van der Waals surface area contributed by atoms with Crippen molar-refractivity contribution in [3.05, 3.63) is 30.5 Å². The molecule has 3 rings (SSSR count). The van der Waals surface area contributed by atoms with Crippen LogP contribution in [-0.4, -0.2) is 31.9 Å². The van der Waals surface area contributed by atoms with Gasteiger partial charge in [0.05, 0.1) is 7.11 Å². The number of hydrogen-bond acceptors (Lipinski definition) is 5. The third kappa shape index (κ3) is 1.73. The molecule has 102 valence electrons. The van der Waals surface area contributed by atoms with Crippen molar-refractivity contribution in [1.82, 2.24) is 14.5 Å². The van der Waals surface area contributed by atoms with E-state index in [2.05, 4.69) is 9.97 Å². The summed E-state index contributed by atoms with van der Waals surface area (Å²) < 4.78 is 6.86. The van der Waals surface area contributed by atoms with Gasteiger partial charge in [-0.15, -0.1) is 0 Å². The summed E-state index contributed by atoms with van der Waals surface area (Å²) in [5.74, 6) is 0.291. The molecule has 0 unspecified atom stereocenters. The molecule has 0 saturated carbocycles. The number of methoxy groups -OCH3 is 1. The highest BCUT2D eigenvalue weighted by Gasteiger charge is 2.15. The van der Waals surface area contributed by atoms with Gasteiger partial charge in [0.25, 0.3) is 0 Å². The number of imidazole rings is 1. The zero-order valence-corrected chi connectivity index (χ0v) is 11.0. The molecule has 0 aliphatic heterocycles. The Kier molecular flexibility index (Phi) is 2.71. The van der Waals surface area contributed by atoms with Crippen LogP contribution in [0.4, 0.5) is 0 Å². The number of nitrogens with zero attached hydrogens (tertiary/aromatic N) is 3. The summed E-state index contributed by atoms with van der Waals surface area (Å²) in [4.78, 5) is 8.75. The van der Waals surface area contributed by atoms with Gasteiger partial charge in [-0.2, -0.15) is 0 Å². The van der Waals surface area contributed by atoms with E-state index in [-0.39, 0.29) is 17.2 Å². The maximum Gasteiger partial charge on any atom is 0.200 e. The Labute approximate surface area is 114 Å². The number of aromatic hydroxyl groups is 2. The SMILES string of the molecule is COc1cc(-c2nc3cccnc3n2C)cc(O)c1O. The van der Waals surface area contributed by atoms with Crippen LogP contribution in [0.3, 0.4) is 0 Å². The molecule has 0 amide bonds. The van der Waals surface area contributed by atoms with E-state index >= 15 is 0 Å². The smallest absolute Gasteiger partial charge is 0.200 e. The van der Waals surface area contributed by atoms with Gasteiger partial charge in [-0.3, -0.25) is 0 Å². The van der Waals surface area contributed by atoms with E-state index in [4.69, 9.17) is 4.74 Å². The zero-order chi connectivity index (χ0) is 14.3. The molecule has 20 heavy (non-hydrogen) atoms. The topological polar surface area (TPSA) is 80.4 Å². The molecule has 0 atom stereocenters. The molecule has 6 heteroatoms. The molecule has 6 nitrogen and oxygen atoms in total.